The molecule has 0 radical (unpaired) electrons. The van der Waals surface area contributed by atoms with Crippen molar-refractivity contribution in [2.45, 2.75) is 38.5 Å². The highest BCUT2D eigenvalue weighted by Gasteiger charge is 2.17. The summed E-state index contributed by atoms with van der Waals surface area (Å²) in [6.07, 6.45) is 12.4. The molecule has 2 aliphatic rings. The first-order valence-corrected chi connectivity index (χ1v) is 5.61. The van der Waals surface area contributed by atoms with Gasteiger partial charge in [0.2, 0.25) is 0 Å². The molecule has 0 aromatic heterocycles. The average Bonchev–Trinajstić information content (AvgIpc) is 2.87. The number of aliphatic carboxylic acids is 1. The molecule has 0 aromatic carbocycles. The van der Waals surface area contributed by atoms with Crippen LogP contribution >= 0.6 is 0 Å². The van der Waals surface area contributed by atoms with Crippen LogP contribution in [0.3, 0.4) is 0 Å². The van der Waals surface area contributed by atoms with Gasteiger partial charge in [-0.1, -0.05) is 12.2 Å². The maximum absolute atomic E-state index is 10.8. The van der Waals surface area contributed by atoms with Crippen LogP contribution in [0.5, 0.6) is 0 Å². The molecule has 0 heterocycles. The summed E-state index contributed by atoms with van der Waals surface area (Å²) < 4.78 is 0. The van der Waals surface area contributed by atoms with E-state index in [0.717, 1.165) is 31.3 Å². The average molecular weight is 204 g/mol. The molecular formula is C13H16O2. The lowest BCUT2D eigenvalue weighted by molar-refractivity contribution is -0.131. The van der Waals surface area contributed by atoms with Gasteiger partial charge >= 0.3 is 5.97 Å². The van der Waals surface area contributed by atoms with Crippen molar-refractivity contribution in [2.75, 3.05) is 0 Å². The first-order valence-electron chi connectivity index (χ1n) is 5.61. The Morgan fingerprint density at radius 3 is 2.00 bits per heavy atom. The van der Waals surface area contributed by atoms with Crippen LogP contribution in [-0.4, -0.2) is 11.1 Å². The summed E-state index contributed by atoms with van der Waals surface area (Å²) in [7, 11) is 0. The fourth-order valence-electron chi connectivity index (χ4n) is 2.35. The van der Waals surface area contributed by atoms with E-state index in [1.165, 1.54) is 30.1 Å². The number of carboxylic acid groups (broad SMARTS) is 1. The monoisotopic (exact) mass is 204 g/mol. The van der Waals surface area contributed by atoms with Gasteiger partial charge in [-0.25, -0.2) is 4.79 Å². The van der Waals surface area contributed by atoms with Crippen LogP contribution in [0.25, 0.3) is 0 Å². The lowest BCUT2D eigenvalue weighted by Gasteiger charge is -2.09. The lowest BCUT2D eigenvalue weighted by atomic mass is 9.96. The Hall–Kier alpha value is -1.31. The zero-order chi connectivity index (χ0) is 10.7. The van der Waals surface area contributed by atoms with Crippen LogP contribution in [-0.2, 0) is 4.79 Å². The Bertz CT molecular complexity index is 333. The molecule has 2 rings (SSSR count). The smallest absolute Gasteiger partial charge is 0.328 e. The predicted molar refractivity (Wildman–Crippen MR) is 59.6 cm³/mol. The summed E-state index contributed by atoms with van der Waals surface area (Å²) in [5, 5.41) is 8.87. The van der Waals surface area contributed by atoms with Gasteiger partial charge < -0.3 is 5.11 Å². The van der Waals surface area contributed by atoms with Gasteiger partial charge in [0.05, 0.1) is 0 Å². The Kier molecular flexibility index (Phi) is 3.05. The second-order valence-corrected chi connectivity index (χ2v) is 4.14. The predicted octanol–water partition coefficient (Wildman–Crippen LogP) is 3.22. The van der Waals surface area contributed by atoms with Crippen molar-refractivity contribution < 1.29 is 9.90 Å². The number of rotatable bonds is 3. The molecule has 0 atom stereocenters. The molecule has 1 N–H and O–H groups in total. The fraction of sp³-hybridized carbons (Fsp3) is 0.462. The molecule has 2 heteroatoms. The van der Waals surface area contributed by atoms with E-state index in [4.69, 9.17) is 5.11 Å². The summed E-state index contributed by atoms with van der Waals surface area (Å²) in [4.78, 5) is 10.8. The highest BCUT2D eigenvalue weighted by Crippen LogP contribution is 2.34. The van der Waals surface area contributed by atoms with Crippen LogP contribution in [0.2, 0.25) is 0 Å². The second-order valence-electron chi connectivity index (χ2n) is 4.14. The minimum Gasteiger partial charge on any atom is -0.478 e. The maximum Gasteiger partial charge on any atom is 0.328 e. The first kappa shape index (κ1) is 10.2. The summed E-state index contributed by atoms with van der Waals surface area (Å²) in [5.74, 6) is -0.828. The van der Waals surface area contributed by atoms with E-state index < -0.39 is 5.97 Å². The Morgan fingerprint density at radius 2 is 1.67 bits per heavy atom. The van der Waals surface area contributed by atoms with E-state index >= 15 is 0 Å². The van der Waals surface area contributed by atoms with Gasteiger partial charge in [0.25, 0.3) is 0 Å². The van der Waals surface area contributed by atoms with Crippen molar-refractivity contribution in [2.24, 2.45) is 0 Å². The van der Waals surface area contributed by atoms with Gasteiger partial charge in [-0.2, -0.15) is 0 Å². The van der Waals surface area contributed by atoms with Gasteiger partial charge in [0, 0.05) is 6.08 Å². The Morgan fingerprint density at radius 1 is 1.13 bits per heavy atom. The largest absolute Gasteiger partial charge is 0.478 e. The van der Waals surface area contributed by atoms with Crippen molar-refractivity contribution in [3.8, 4) is 0 Å². The molecule has 0 bridgehead atoms. The molecule has 0 unspecified atom stereocenters. The van der Waals surface area contributed by atoms with Crippen molar-refractivity contribution in [3.05, 3.63) is 34.9 Å². The minimum atomic E-state index is -0.828. The van der Waals surface area contributed by atoms with Crippen LogP contribution in [0, 0.1) is 0 Å². The third kappa shape index (κ3) is 2.38. The van der Waals surface area contributed by atoms with Crippen molar-refractivity contribution in [1.82, 2.24) is 0 Å². The van der Waals surface area contributed by atoms with Crippen molar-refractivity contribution in [3.63, 3.8) is 0 Å². The number of carbonyl (C=O) groups is 1. The molecule has 2 aliphatic carbocycles. The molecule has 0 spiro atoms. The first-order chi connectivity index (χ1) is 7.27. The Balaban J connectivity index is 2.27. The van der Waals surface area contributed by atoms with E-state index in [2.05, 4.69) is 12.2 Å². The van der Waals surface area contributed by atoms with Gasteiger partial charge in [-0.3, -0.25) is 0 Å². The van der Waals surface area contributed by atoms with Gasteiger partial charge in [-0.05, 0) is 55.2 Å². The molecule has 80 valence electrons. The number of allylic oxidation sites excluding steroid dienone is 5. The van der Waals surface area contributed by atoms with E-state index in [-0.39, 0.29) is 0 Å². The quantitative estimate of drug-likeness (QED) is 0.717. The van der Waals surface area contributed by atoms with E-state index in [0.29, 0.717) is 0 Å². The molecular weight excluding hydrogens is 188 g/mol. The molecule has 15 heavy (non-hydrogen) atoms. The zero-order valence-electron chi connectivity index (χ0n) is 8.83. The highest BCUT2D eigenvalue weighted by atomic mass is 16.4. The number of carboxylic acids is 1. The summed E-state index contributed by atoms with van der Waals surface area (Å²) in [6.45, 7) is 0. The van der Waals surface area contributed by atoms with Crippen LogP contribution < -0.4 is 0 Å². The van der Waals surface area contributed by atoms with Gasteiger partial charge in [-0.15, -0.1) is 0 Å². The van der Waals surface area contributed by atoms with Crippen molar-refractivity contribution in [1.29, 1.82) is 0 Å². The lowest BCUT2D eigenvalue weighted by Crippen LogP contribution is -1.97. The number of hydrogen-bond donors (Lipinski definition) is 1. The molecule has 0 aromatic rings. The van der Waals surface area contributed by atoms with Crippen molar-refractivity contribution >= 4 is 5.97 Å². The molecule has 0 saturated carbocycles. The molecule has 0 fully saturated rings. The van der Waals surface area contributed by atoms with E-state index in [1.807, 2.05) is 0 Å². The van der Waals surface area contributed by atoms with E-state index in [1.54, 1.807) is 0 Å². The van der Waals surface area contributed by atoms with Gasteiger partial charge in [0.1, 0.15) is 0 Å². The molecule has 0 amide bonds. The minimum absolute atomic E-state index is 0.828. The topological polar surface area (TPSA) is 37.3 Å². The van der Waals surface area contributed by atoms with Crippen LogP contribution in [0.15, 0.2) is 34.9 Å². The molecule has 0 saturated heterocycles. The summed E-state index contributed by atoms with van der Waals surface area (Å²) >= 11 is 0. The van der Waals surface area contributed by atoms with E-state index in [9.17, 15) is 4.79 Å². The Labute approximate surface area is 90.0 Å². The maximum atomic E-state index is 10.8. The fourth-order valence-corrected chi connectivity index (χ4v) is 2.35. The standard InChI is InChI=1S/C13H16O2/c14-13(15)9-12(10-5-1-2-6-10)11-7-3-4-8-11/h5,7,9H,1-4,6,8H2,(H,14,15). The molecule has 0 aliphatic heterocycles. The summed E-state index contributed by atoms with van der Waals surface area (Å²) in [5.41, 5.74) is 3.47. The van der Waals surface area contributed by atoms with Crippen LogP contribution in [0.1, 0.15) is 38.5 Å². The van der Waals surface area contributed by atoms with Gasteiger partial charge in [0.15, 0.2) is 0 Å². The second kappa shape index (κ2) is 4.47. The van der Waals surface area contributed by atoms with Crippen LogP contribution in [0.4, 0.5) is 0 Å². The summed E-state index contributed by atoms with van der Waals surface area (Å²) in [6, 6.07) is 0. The third-order valence-electron chi connectivity index (χ3n) is 3.04. The normalized spacial score (nSPS) is 19.7. The highest BCUT2D eigenvalue weighted by molar-refractivity contribution is 5.83. The third-order valence-corrected chi connectivity index (χ3v) is 3.04. The molecule has 2 nitrogen and oxygen atoms in total. The zero-order valence-corrected chi connectivity index (χ0v) is 8.83. The number of hydrogen-bond acceptors (Lipinski definition) is 1. The SMILES string of the molecule is O=C(O)C=C(C1=CCCC1)C1=CCCC1.